The van der Waals surface area contributed by atoms with Crippen LogP contribution in [0.3, 0.4) is 0 Å². The summed E-state index contributed by atoms with van der Waals surface area (Å²) in [4.78, 5) is 13.8. The fraction of sp³-hybridized carbons (Fsp3) is 0.333. The molecular weight excluding hydrogens is 428 g/mol. The van der Waals surface area contributed by atoms with Crippen LogP contribution in [0.25, 0.3) is 0 Å². The topological polar surface area (TPSA) is 92.8 Å². The average molecular weight is 451 g/mol. The van der Waals surface area contributed by atoms with E-state index in [1.54, 1.807) is 43.3 Å². The fourth-order valence-electron chi connectivity index (χ4n) is 3.91. The summed E-state index contributed by atoms with van der Waals surface area (Å²) in [7, 11) is 0. The molecule has 1 aliphatic carbocycles. The molecule has 1 aromatic heterocycles. The molecule has 0 unspecified atom stereocenters. The lowest BCUT2D eigenvalue weighted by atomic mass is 9.68. The van der Waals surface area contributed by atoms with Crippen LogP contribution in [0, 0.1) is 16.7 Å². The molecule has 1 amide bonds. The van der Waals surface area contributed by atoms with Crippen LogP contribution in [0.15, 0.2) is 54.7 Å². The Morgan fingerprint density at radius 3 is 2.45 bits per heavy atom. The number of ether oxygens (including phenoxy) is 1. The largest absolute Gasteiger partial charge is 0.493 e. The zero-order chi connectivity index (χ0) is 23.5. The highest BCUT2D eigenvalue weighted by molar-refractivity contribution is 5.91. The quantitative estimate of drug-likeness (QED) is 0.554. The fourth-order valence-corrected chi connectivity index (χ4v) is 3.91. The highest BCUT2D eigenvalue weighted by Gasteiger charge is 2.54. The number of nitrogens with one attached hydrogen (secondary N) is 1. The average Bonchev–Trinajstić information content (AvgIpc) is 3.19. The van der Waals surface area contributed by atoms with Crippen LogP contribution in [-0.2, 0) is 17.8 Å². The van der Waals surface area contributed by atoms with Crippen molar-refractivity contribution in [1.29, 1.82) is 5.26 Å². The molecule has 3 aromatic rings. The monoisotopic (exact) mass is 451 g/mol. The Bertz CT molecular complexity index is 1160. The summed E-state index contributed by atoms with van der Waals surface area (Å²) in [5.74, 6) is -1.89. The van der Waals surface area contributed by atoms with Crippen LogP contribution < -0.4 is 10.1 Å². The maximum atomic E-state index is 13.1. The van der Waals surface area contributed by atoms with Crippen LogP contribution >= 0.6 is 0 Å². The molecule has 4 rings (SSSR count). The molecule has 0 aliphatic heterocycles. The summed E-state index contributed by atoms with van der Waals surface area (Å²) >= 11 is 0. The Morgan fingerprint density at radius 2 is 1.82 bits per heavy atom. The normalized spacial score (nSPS) is 15.8. The van der Waals surface area contributed by atoms with Crippen molar-refractivity contribution in [3.05, 3.63) is 71.4 Å². The molecule has 7 nitrogen and oxygen atoms in total. The summed E-state index contributed by atoms with van der Waals surface area (Å²) in [5.41, 5.74) is 1.80. The van der Waals surface area contributed by atoms with Crippen molar-refractivity contribution in [3.8, 4) is 11.8 Å². The number of carbonyl (C=O) groups is 1. The van der Waals surface area contributed by atoms with Gasteiger partial charge in [-0.1, -0.05) is 31.2 Å². The third-order valence-corrected chi connectivity index (χ3v) is 5.46. The van der Waals surface area contributed by atoms with E-state index in [-0.39, 0.29) is 31.8 Å². The smallest absolute Gasteiger partial charge is 0.249 e. The standard InChI is InChI=1S/C24H23F2N5O2/c1-23(14-24(25,26)15-23)16-33-20-8-6-17(7-9-20)10-22(32)29-21-12-28-31(30-21)13-19-4-2-18(11-27)3-5-19/h2-9,12H,10,13-16H2,1H3,(H,29,30,32). The number of anilines is 1. The van der Waals surface area contributed by atoms with E-state index in [0.717, 1.165) is 11.1 Å². The maximum absolute atomic E-state index is 13.1. The molecule has 33 heavy (non-hydrogen) atoms. The molecule has 1 heterocycles. The van der Waals surface area contributed by atoms with Gasteiger partial charge in [-0.15, -0.1) is 5.10 Å². The predicted molar refractivity (Wildman–Crippen MR) is 117 cm³/mol. The van der Waals surface area contributed by atoms with Crippen molar-refractivity contribution in [2.24, 2.45) is 5.41 Å². The first-order chi connectivity index (χ1) is 15.7. The first-order valence-corrected chi connectivity index (χ1v) is 10.5. The summed E-state index contributed by atoms with van der Waals surface area (Å²) in [5, 5.41) is 20.0. The van der Waals surface area contributed by atoms with E-state index in [1.165, 1.54) is 11.0 Å². The Morgan fingerprint density at radius 1 is 1.15 bits per heavy atom. The van der Waals surface area contributed by atoms with Gasteiger partial charge in [0, 0.05) is 18.3 Å². The highest BCUT2D eigenvalue weighted by Crippen LogP contribution is 2.51. The number of nitriles is 1. The highest BCUT2D eigenvalue weighted by atomic mass is 19.3. The van der Waals surface area contributed by atoms with Crippen LogP contribution in [0.5, 0.6) is 5.75 Å². The number of aromatic nitrogens is 3. The molecule has 1 fully saturated rings. The molecule has 1 N–H and O–H groups in total. The van der Waals surface area contributed by atoms with Gasteiger partial charge in [-0.2, -0.15) is 15.2 Å². The number of benzene rings is 2. The number of nitrogens with zero attached hydrogens (tertiary/aromatic N) is 4. The van der Waals surface area contributed by atoms with E-state index in [0.29, 0.717) is 23.7 Å². The number of rotatable bonds is 8. The number of hydrogen-bond acceptors (Lipinski definition) is 5. The lowest BCUT2D eigenvalue weighted by Gasteiger charge is -2.44. The number of hydrogen-bond donors (Lipinski definition) is 1. The maximum Gasteiger partial charge on any atom is 0.249 e. The molecule has 0 spiro atoms. The molecular formula is C24H23F2N5O2. The molecule has 9 heteroatoms. The molecule has 0 radical (unpaired) electrons. The van der Waals surface area contributed by atoms with Gasteiger partial charge in [-0.05, 0) is 35.4 Å². The minimum Gasteiger partial charge on any atom is -0.493 e. The minimum absolute atomic E-state index is 0.146. The molecule has 0 atom stereocenters. The SMILES string of the molecule is CC1(COc2ccc(CC(=O)Nc3cnn(Cc4ccc(C#N)cc4)n3)cc2)CC(F)(F)C1. The van der Waals surface area contributed by atoms with Gasteiger partial charge in [0.1, 0.15) is 5.75 Å². The van der Waals surface area contributed by atoms with Crippen molar-refractivity contribution in [2.75, 3.05) is 11.9 Å². The van der Waals surface area contributed by atoms with E-state index in [4.69, 9.17) is 10.00 Å². The predicted octanol–water partition coefficient (Wildman–Crippen LogP) is 4.19. The van der Waals surface area contributed by atoms with Gasteiger partial charge < -0.3 is 10.1 Å². The van der Waals surface area contributed by atoms with Gasteiger partial charge in [0.25, 0.3) is 0 Å². The number of carbonyl (C=O) groups excluding carboxylic acids is 1. The zero-order valence-electron chi connectivity index (χ0n) is 18.1. The lowest BCUT2D eigenvalue weighted by molar-refractivity contribution is -0.164. The second-order valence-corrected chi connectivity index (χ2v) is 8.75. The first-order valence-electron chi connectivity index (χ1n) is 10.5. The van der Waals surface area contributed by atoms with Gasteiger partial charge in [-0.25, -0.2) is 8.78 Å². The summed E-state index contributed by atoms with van der Waals surface area (Å²) < 4.78 is 31.9. The third-order valence-electron chi connectivity index (χ3n) is 5.46. The van der Waals surface area contributed by atoms with Gasteiger partial charge in [-0.3, -0.25) is 4.79 Å². The van der Waals surface area contributed by atoms with Crippen LogP contribution in [-0.4, -0.2) is 33.4 Å². The Balaban J connectivity index is 1.24. The molecule has 1 saturated carbocycles. The minimum atomic E-state index is -2.58. The van der Waals surface area contributed by atoms with Crippen LogP contribution in [0.4, 0.5) is 14.6 Å². The Labute approximate surface area is 190 Å². The van der Waals surface area contributed by atoms with E-state index in [2.05, 4.69) is 21.6 Å². The Hall–Kier alpha value is -3.80. The molecule has 170 valence electrons. The molecule has 1 aliphatic rings. The second-order valence-electron chi connectivity index (χ2n) is 8.75. The second kappa shape index (κ2) is 8.98. The van der Waals surface area contributed by atoms with Crippen molar-refractivity contribution >= 4 is 11.7 Å². The van der Waals surface area contributed by atoms with Gasteiger partial charge >= 0.3 is 0 Å². The number of amides is 1. The van der Waals surface area contributed by atoms with Gasteiger partial charge in [0.05, 0.1) is 37.4 Å². The molecule has 2 aromatic carbocycles. The third kappa shape index (κ3) is 5.92. The number of alkyl halides is 2. The van der Waals surface area contributed by atoms with Crippen molar-refractivity contribution in [2.45, 2.75) is 38.7 Å². The number of halogens is 2. The summed E-state index contributed by atoms with van der Waals surface area (Å²) in [6.07, 6.45) is 1.31. The summed E-state index contributed by atoms with van der Waals surface area (Å²) in [6, 6.07) is 16.2. The van der Waals surface area contributed by atoms with Crippen LogP contribution in [0.2, 0.25) is 0 Å². The molecule has 0 bridgehead atoms. The molecule has 0 saturated heterocycles. The Kier molecular flexibility index (Phi) is 6.09. The first kappa shape index (κ1) is 22.4. The van der Waals surface area contributed by atoms with E-state index >= 15 is 0 Å². The van der Waals surface area contributed by atoms with Crippen molar-refractivity contribution in [3.63, 3.8) is 0 Å². The summed E-state index contributed by atoms with van der Waals surface area (Å²) in [6.45, 7) is 2.45. The lowest BCUT2D eigenvalue weighted by Crippen LogP contribution is -2.47. The van der Waals surface area contributed by atoms with Crippen molar-refractivity contribution < 1.29 is 18.3 Å². The van der Waals surface area contributed by atoms with E-state index in [9.17, 15) is 13.6 Å². The van der Waals surface area contributed by atoms with Crippen LogP contribution in [0.1, 0.15) is 36.5 Å². The zero-order valence-corrected chi connectivity index (χ0v) is 18.1. The van der Waals surface area contributed by atoms with E-state index in [1.807, 2.05) is 12.1 Å². The van der Waals surface area contributed by atoms with Crippen molar-refractivity contribution in [1.82, 2.24) is 15.0 Å². The van der Waals surface area contributed by atoms with E-state index < -0.39 is 11.3 Å². The van der Waals surface area contributed by atoms with Gasteiger partial charge in [0.15, 0.2) is 5.82 Å². The van der Waals surface area contributed by atoms with Gasteiger partial charge in [0.2, 0.25) is 11.8 Å².